The van der Waals surface area contributed by atoms with Crippen molar-refractivity contribution < 1.29 is 19.4 Å². The molecule has 0 aromatic heterocycles. The van der Waals surface area contributed by atoms with Crippen LogP contribution in [0.5, 0.6) is 0 Å². The Bertz CT molecular complexity index is 336. The van der Waals surface area contributed by atoms with Gasteiger partial charge >= 0.3 is 12.0 Å². The Labute approximate surface area is 119 Å². The Morgan fingerprint density at radius 3 is 2.75 bits per heavy atom. The minimum absolute atomic E-state index is 0.155. The van der Waals surface area contributed by atoms with Crippen molar-refractivity contribution in [2.24, 2.45) is 0 Å². The van der Waals surface area contributed by atoms with Crippen LogP contribution in [0.1, 0.15) is 19.3 Å². The van der Waals surface area contributed by atoms with Gasteiger partial charge in [-0.05, 0) is 26.9 Å². The summed E-state index contributed by atoms with van der Waals surface area (Å²) < 4.78 is 4.87. The summed E-state index contributed by atoms with van der Waals surface area (Å²) >= 11 is 0. The highest BCUT2D eigenvalue weighted by molar-refractivity contribution is 5.82. The molecule has 1 aliphatic rings. The number of nitrogens with one attached hydrogen (secondary N) is 1. The molecule has 116 valence electrons. The Kier molecular flexibility index (Phi) is 6.74. The highest BCUT2D eigenvalue weighted by Gasteiger charge is 2.31. The van der Waals surface area contributed by atoms with Gasteiger partial charge in [0.25, 0.3) is 0 Å². The Morgan fingerprint density at radius 2 is 2.20 bits per heavy atom. The number of likely N-dealkylation sites (tertiary alicyclic amines) is 1. The van der Waals surface area contributed by atoms with Crippen molar-refractivity contribution in [3.05, 3.63) is 0 Å². The largest absolute Gasteiger partial charge is 0.480 e. The number of carboxylic acids is 1. The van der Waals surface area contributed by atoms with E-state index < -0.39 is 12.0 Å². The minimum Gasteiger partial charge on any atom is -0.480 e. The number of ether oxygens (including phenoxy) is 1. The van der Waals surface area contributed by atoms with Gasteiger partial charge < -0.3 is 25.0 Å². The predicted molar refractivity (Wildman–Crippen MR) is 74.7 cm³/mol. The highest BCUT2D eigenvalue weighted by Crippen LogP contribution is 2.18. The Balaban J connectivity index is 2.56. The molecule has 2 unspecified atom stereocenters. The van der Waals surface area contributed by atoms with Gasteiger partial charge in [0.15, 0.2) is 0 Å². The third-order valence-electron chi connectivity index (χ3n) is 3.42. The summed E-state index contributed by atoms with van der Waals surface area (Å²) in [6.07, 6.45) is 2.19. The molecule has 2 atom stereocenters. The summed E-state index contributed by atoms with van der Waals surface area (Å²) in [5.74, 6) is -1.03. The zero-order chi connectivity index (χ0) is 15.1. The molecule has 1 rings (SSSR count). The van der Waals surface area contributed by atoms with Crippen LogP contribution in [0, 0.1) is 0 Å². The van der Waals surface area contributed by atoms with Crippen molar-refractivity contribution in [3.8, 4) is 0 Å². The van der Waals surface area contributed by atoms with Crippen molar-refractivity contribution in [2.75, 3.05) is 40.9 Å². The SMILES string of the molecule is COCCC(NC(=O)N1CCCC1CN(C)C)C(=O)O. The second-order valence-electron chi connectivity index (χ2n) is 5.37. The highest BCUT2D eigenvalue weighted by atomic mass is 16.5. The molecule has 2 amide bonds. The minimum atomic E-state index is -1.03. The van der Waals surface area contributed by atoms with Gasteiger partial charge in [-0.3, -0.25) is 0 Å². The van der Waals surface area contributed by atoms with Crippen LogP contribution in [-0.4, -0.2) is 79.9 Å². The smallest absolute Gasteiger partial charge is 0.326 e. The summed E-state index contributed by atoms with van der Waals surface area (Å²) in [5.41, 5.74) is 0. The third-order valence-corrected chi connectivity index (χ3v) is 3.42. The number of carboxylic acid groups (broad SMARTS) is 1. The normalized spacial score (nSPS) is 20.2. The van der Waals surface area contributed by atoms with Crippen molar-refractivity contribution in [3.63, 3.8) is 0 Å². The molecule has 0 aliphatic carbocycles. The number of amides is 2. The van der Waals surface area contributed by atoms with Crippen molar-refractivity contribution >= 4 is 12.0 Å². The number of urea groups is 1. The first-order valence-electron chi connectivity index (χ1n) is 6.89. The van der Waals surface area contributed by atoms with E-state index in [1.165, 1.54) is 7.11 Å². The maximum absolute atomic E-state index is 12.2. The zero-order valence-electron chi connectivity index (χ0n) is 12.5. The molecule has 7 heteroatoms. The van der Waals surface area contributed by atoms with Crippen LogP contribution in [-0.2, 0) is 9.53 Å². The molecule has 2 N–H and O–H groups in total. The number of rotatable bonds is 7. The molecule has 1 heterocycles. The number of methoxy groups -OCH3 is 1. The molecular weight excluding hydrogens is 262 g/mol. The number of likely N-dealkylation sites (N-methyl/N-ethyl adjacent to an activating group) is 1. The van der Waals surface area contributed by atoms with E-state index in [0.717, 1.165) is 19.4 Å². The molecule has 0 aromatic rings. The summed E-state index contributed by atoms with van der Waals surface area (Å²) in [4.78, 5) is 27.1. The summed E-state index contributed by atoms with van der Waals surface area (Å²) in [6, 6.07) is -1.04. The van der Waals surface area contributed by atoms with E-state index in [0.29, 0.717) is 13.2 Å². The number of nitrogens with zero attached hydrogens (tertiary/aromatic N) is 2. The van der Waals surface area contributed by atoms with Gasteiger partial charge in [0.05, 0.1) is 0 Å². The molecule has 1 aliphatic heterocycles. The van der Waals surface area contributed by atoms with Crippen LogP contribution in [0.3, 0.4) is 0 Å². The third kappa shape index (κ3) is 4.97. The van der Waals surface area contributed by atoms with Crippen LogP contribution < -0.4 is 5.32 Å². The Hall–Kier alpha value is -1.34. The van der Waals surface area contributed by atoms with Crippen LogP contribution in [0.25, 0.3) is 0 Å². The van der Waals surface area contributed by atoms with E-state index in [4.69, 9.17) is 9.84 Å². The maximum Gasteiger partial charge on any atom is 0.326 e. The number of carbonyl (C=O) groups is 2. The van der Waals surface area contributed by atoms with Gasteiger partial charge in [-0.1, -0.05) is 0 Å². The second-order valence-corrected chi connectivity index (χ2v) is 5.37. The fourth-order valence-corrected chi connectivity index (χ4v) is 2.44. The van der Waals surface area contributed by atoms with Gasteiger partial charge in [0.2, 0.25) is 0 Å². The molecular formula is C13H25N3O4. The average molecular weight is 287 g/mol. The Morgan fingerprint density at radius 1 is 1.50 bits per heavy atom. The molecule has 0 spiro atoms. The standard InChI is InChI=1S/C13H25N3O4/c1-15(2)9-10-5-4-7-16(10)13(19)14-11(12(17)18)6-8-20-3/h10-11H,4-9H2,1-3H3,(H,14,19)(H,17,18). The van der Waals surface area contributed by atoms with Crippen LogP contribution >= 0.6 is 0 Å². The molecule has 0 bridgehead atoms. The van der Waals surface area contributed by atoms with Crippen LogP contribution in [0.4, 0.5) is 4.79 Å². The van der Waals surface area contributed by atoms with Gasteiger partial charge in [-0.2, -0.15) is 0 Å². The molecule has 0 saturated carbocycles. The van der Waals surface area contributed by atoms with Crippen LogP contribution in [0.2, 0.25) is 0 Å². The van der Waals surface area contributed by atoms with Crippen molar-refractivity contribution in [1.82, 2.24) is 15.1 Å². The first-order valence-corrected chi connectivity index (χ1v) is 6.89. The first kappa shape index (κ1) is 16.7. The number of carbonyl (C=O) groups excluding carboxylic acids is 1. The summed E-state index contributed by atoms with van der Waals surface area (Å²) in [7, 11) is 5.44. The number of aliphatic carboxylic acids is 1. The van der Waals surface area contributed by atoms with E-state index in [-0.39, 0.29) is 18.5 Å². The van der Waals surface area contributed by atoms with E-state index >= 15 is 0 Å². The van der Waals surface area contributed by atoms with E-state index in [1.807, 2.05) is 19.0 Å². The monoisotopic (exact) mass is 287 g/mol. The number of hydrogen-bond acceptors (Lipinski definition) is 4. The molecule has 1 saturated heterocycles. The predicted octanol–water partition coefficient (Wildman–Crippen LogP) is 0.212. The van der Waals surface area contributed by atoms with E-state index in [9.17, 15) is 9.59 Å². The summed E-state index contributed by atoms with van der Waals surface area (Å²) in [5, 5.41) is 11.7. The lowest BCUT2D eigenvalue weighted by Gasteiger charge is -2.28. The zero-order valence-corrected chi connectivity index (χ0v) is 12.5. The van der Waals surface area contributed by atoms with Gasteiger partial charge in [-0.15, -0.1) is 0 Å². The van der Waals surface area contributed by atoms with E-state index in [2.05, 4.69) is 5.32 Å². The van der Waals surface area contributed by atoms with Gasteiger partial charge in [0.1, 0.15) is 6.04 Å². The van der Waals surface area contributed by atoms with Gasteiger partial charge in [0, 0.05) is 39.3 Å². The summed E-state index contributed by atoms with van der Waals surface area (Å²) in [6.45, 7) is 1.78. The van der Waals surface area contributed by atoms with Crippen LogP contribution in [0.15, 0.2) is 0 Å². The van der Waals surface area contributed by atoms with Gasteiger partial charge in [-0.25, -0.2) is 9.59 Å². The average Bonchev–Trinajstić information content (AvgIpc) is 2.81. The molecule has 7 nitrogen and oxygen atoms in total. The maximum atomic E-state index is 12.2. The van der Waals surface area contributed by atoms with Crippen molar-refractivity contribution in [1.29, 1.82) is 0 Å². The molecule has 0 radical (unpaired) electrons. The lowest BCUT2D eigenvalue weighted by Crippen LogP contribution is -2.51. The van der Waals surface area contributed by atoms with E-state index in [1.54, 1.807) is 4.90 Å². The second kappa shape index (κ2) is 8.06. The van der Waals surface area contributed by atoms with Crippen molar-refractivity contribution in [2.45, 2.75) is 31.3 Å². The number of hydrogen-bond donors (Lipinski definition) is 2. The lowest BCUT2D eigenvalue weighted by molar-refractivity contribution is -0.139. The fourth-order valence-electron chi connectivity index (χ4n) is 2.44. The molecule has 1 fully saturated rings. The first-order chi connectivity index (χ1) is 9.45. The topological polar surface area (TPSA) is 82.1 Å². The molecule has 0 aromatic carbocycles. The lowest BCUT2D eigenvalue weighted by atomic mass is 10.2. The molecule has 20 heavy (non-hydrogen) atoms. The fraction of sp³-hybridized carbons (Fsp3) is 0.846. The quantitative estimate of drug-likeness (QED) is 0.699.